The van der Waals surface area contributed by atoms with Crippen molar-refractivity contribution < 1.29 is 4.42 Å². The first-order valence-corrected chi connectivity index (χ1v) is 8.93. The zero-order valence-electron chi connectivity index (χ0n) is 14.4. The second kappa shape index (κ2) is 5.39. The summed E-state index contributed by atoms with van der Waals surface area (Å²) < 4.78 is 6.21. The van der Waals surface area contributed by atoms with E-state index in [1.54, 1.807) is 0 Å². The molecule has 0 saturated heterocycles. The van der Waals surface area contributed by atoms with Gasteiger partial charge in [0.25, 0.3) is 0 Å². The maximum Gasteiger partial charge on any atom is 0.227 e. The molecule has 3 aromatic carbocycles. The van der Waals surface area contributed by atoms with Crippen LogP contribution in [-0.2, 0) is 0 Å². The number of hydrogen-bond donors (Lipinski definition) is 0. The van der Waals surface area contributed by atoms with Gasteiger partial charge in [0.2, 0.25) is 5.71 Å². The number of rotatable bonds is 1. The molecule has 0 atom stereocenters. The highest BCUT2D eigenvalue weighted by atomic mass is 16.3. The molecule has 0 spiro atoms. The van der Waals surface area contributed by atoms with Crippen molar-refractivity contribution >= 4 is 43.6 Å². The maximum absolute atomic E-state index is 6.21. The van der Waals surface area contributed by atoms with E-state index in [1.807, 2.05) is 30.6 Å². The van der Waals surface area contributed by atoms with Crippen molar-refractivity contribution in [1.29, 1.82) is 0 Å². The molecule has 0 radical (unpaired) electrons. The normalized spacial score (nSPS) is 11.7. The molecular weight excluding hydrogens is 332 g/mol. The Balaban J connectivity index is 1.71. The molecule has 0 unspecified atom stereocenters. The predicted molar refractivity (Wildman–Crippen MR) is 110 cm³/mol. The summed E-state index contributed by atoms with van der Waals surface area (Å²) in [5, 5.41) is 6.70. The monoisotopic (exact) mass is 346 g/mol. The summed E-state index contributed by atoms with van der Waals surface area (Å²) in [6, 6.07) is 24.9. The van der Waals surface area contributed by atoms with Gasteiger partial charge < -0.3 is 4.42 Å². The summed E-state index contributed by atoms with van der Waals surface area (Å²) in [7, 11) is 0. The van der Waals surface area contributed by atoms with Gasteiger partial charge in [0.15, 0.2) is 0 Å². The first-order chi connectivity index (χ1) is 13.4. The summed E-state index contributed by atoms with van der Waals surface area (Å²) in [6.45, 7) is 0. The SMILES string of the molecule is c1ccc2cc(-c3cccc4c3oc3ncc5ccccc5c34)ncc2c1. The summed E-state index contributed by atoms with van der Waals surface area (Å²) >= 11 is 0. The third-order valence-electron chi connectivity index (χ3n) is 5.15. The van der Waals surface area contributed by atoms with E-state index in [2.05, 4.69) is 64.6 Å². The molecule has 0 aliphatic heterocycles. The van der Waals surface area contributed by atoms with Gasteiger partial charge in [-0.05, 0) is 22.9 Å². The van der Waals surface area contributed by atoms with E-state index in [0.29, 0.717) is 5.71 Å². The van der Waals surface area contributed by atoms with Crippen molar-refractivity contribution in [2.45, 2.75) is 0 Å². The number of hydrogen-bond acceptors (Lipinski definition) is 3. The molecule has 3 heterocycles. The molecule has 3 aromatic heterocycles. The zero-order valence-corrected chi connectivity index (χ0v) is 14.4. The van der Waals surface area contributed by atoms with E-state index >= 15 is 0 Å². The molecule has 27 heavy (non-hydrogen) atoms. The molecule has 0 amide bonds. The summed E-state index contributed by atoms with van der Waals surface area (Å²) in [5.74, 6) is 0. The van der Waals surface area contributed by atoms with Gasteiger partial charge in [-0.2, -0.15) is 0 Å². The molecule has 0 aliphatic rings. The molecule has 6 rings (SSSR count). The standard InChI is InChI=1S/C24H14N2O/c1-2-7-16-13-25-21(12-15(16)6-1)19-10-5-11-20-22-18-9-4-3-8-17(18)14-26-24(22)27-23(19)20/h1-14H. The highest BCUT2D eigenvalue weighted by molar-refractivity contribution is 6.19. The number of fused-ring (bicyclic) bond motifs is 6. The van der Waals surface area contributed by atoms with Crippen LogP contribution in [0.25, 0.3) is 54.9 Å². The van der Waals surface area contributed by atoms with Crippen LogP contribution in [0.15, 0.2) is 89.6 Å². The molecule has 6 aromatic rings. The van der Waals surface area contributed by atoms with Crippen LogP contribution in [0, 0.1) is 0 Å². The highest BCUT2D eigenvalue weighted by Gasteiger charge is 2.15. The summed E-state index contributed by atoms with van der Waals surface area (Å²) in [4.78, 5) is 9.22. The lowest BCUT2D eigenvalue weighted by Crippen LogP contribution is -1.84. The number of nitrogens with zero attached hydrogens (tertiary/aromatic N) is 2. The van der Waals surface area contributed by atoms with Crippen LogP contribution in [0.5, 0.6) is 0 Å². The van der Waals surface area contributed by atoms with E-state index in [9.17, 15) is 0 Å². The number of aromatic nitrogens is 2. The zero-order chi connectivity index (χ0) is 17.8. The fraction of sp³-hybridized carbons (Fsp3) is 0. The van der Waals surface area contributed by atoms with Crippen molar-refractivity contribution in [2.75, 3.05) is 0 Å². The lowest BCUT2D eigenvalue weighted by atomic mass is 10.0. The highest BCUT2D eigenvalue weighted by Crippen LogP contribution is 2.37. The first kappa shape index (κ1) is 14.4. The molecule has 3 nitrogen and oxygen atoms in total. The molecule has 126 valence electrons. The van der Waals surface area contributed by atoms with Gasteiger partial charge in [0.1, 0.15) is 5.58 Å². The van der Waals surface area contributed by atoms with Crippen LogP contribution in [-0.4, -0.2) is 9.97 Å². The molecule has 0 aliphatic carbocycles. The van der Waals surface area contributed by atoms with Crippen LogP contribution in [0.1, 0.15) is 0 Å². The number of furan rings is 1. The first-order valence-electron chi connectivity index (χ1n) is 8.93. The van der Waals surface area contributed by atoms with Crippen molar-refractivity contribution in [2.24, 2.45) is 0 Å². The van der Waals surface area contributed by atoms with E-state index in [4.69, 9.17) is 4.42 Å². The number of benzene rings is 3. The molecule has 0 fully saturated rings. The minimum Gasteiger partial charge on any atom is -0.437 e. The number of pyridine rings is 2. The maximum atomic E-state index is 6.21. The summed E-state index contributed by atoms with van der Waals surface area (Å²) in [6.07, 6.45) is 3.79. The Bertz CT molecular complexity index is 1480. The lowest BCUT2D eigenvalue weighted by molar-refractivity contribution is 0.655. The summed E-state index contributed by atoms with van der Waals surface area (Å²) in [5.41, 5.74) is 3.39. The second-order valence-electron chi connectivity index (χ2n) is 6.73. The van der Waals surface area contributed by atoms with Crippen molar-refractivity contribution in [1.82, 2.24) is 9.97 Å². The molecule has 0 saturated carbocycles. The van der Waals surface area contributed by atoms with E-state index in [-0.39, 0.29) is 0 Å². The van der Waals surface area contributed by atoms with Gasteiger partial charge in [-0.3, -0.25) is 4.98 Å². The van der Waals surface area contributed by atoms with Crippen LogP contribution in [0.2, 0.25) is 0 Å². The smallest absolute Gasteiger partial charge is 0.227 e. The van der Waals surface area contributed by atoms with Crippen molar-refractivity contribution in [3.63, 3.8) is 0 Å². The van der Waals surface area contributed by atoms with Crippen molar-refractivity contribution in [3.8, 4) is 11.3 Å². The topological polar surface area (TPSA) is 38.9 Å². The van der Waals surface area contributed by atoms with E-state index < -0.39 is 0 Å². The Morgan fingerprint density at radius 3 is 2.30 bits per heavy atom. The minimum absolute atomic E-state index is 0.664. The molecule has 0 N–H and O–H groups in total. The molecular formula is C24H14N2O. The van der Waals surface area contributed by atoms with Gasteiger partial charge in [0, 0.05) is 34.1 Å². The van der Waals surface area contributed by atoms with Gasteiger partial charge in [-0.25, -0.2) is 4.98 Å². The largest absolute Gasteiger partial charge is 0.437 e. The lowest BCUT2D eigenvalue weighted by Gasteiger charge is -2.04. The van der Waals surface area contributed by atoms with Gasteiger partial charge in [-0.15, -0.1) is 0 Å². The average molecular weight is 346 g/mol. The Morgan fingerprint density at radius 1 is 0.630 bits per heavy atom. The fourth-order valence-electron chi connectivity index (χ4n) is 3.86. The molecule has 0 bridgehead atoms. The van der Waals surface area contributed by atoms with Gasteiger partial charge >= 0.3 is 0 Å². The predicted octanol–water partition coefficient (Wildman–Crippen LogP) is 6.35. The van der Waals surface area contributed by atoms with Gasteiger partial charge in [0.05, 0.1) is 11.1 Å². The fourth-order valence-corrected chi connectivity index (χ4v) is 3.86. The van der Waals surface area contributed by atoms with Crippen LogP contribution in [0.3, 0.4) is 0 Å². The van der Waals surface area contributed by atoms with Crippen LogP contribution in [0.4, 0.5) is 0 Å². The number of para-hydroxylation sites is 1. The Morgan fingerprint density at radius 2 is 1.37 bits per heavy atom. The van der Waals surface area contributed by atoms with E-state index in [1.165, 1.54) is 5.39 Å². The average Bonchev–Trinajstić information content (AvgIpc) is 3.12. The van der Waals surface area contributed by atoms with Gasteiger partial charge in [-0.1, -0.05) is 60.7 Å². The Hall–Kier alpha value is -3.72. The quantitative estimate of drug-likeness (QED) is 0.348. The van der Waals surface area contributed by atoms with Crippen LogP contribution >= 0.6 is 0 Å². The Labute approximate surface area is 154 Å². The third-order valence-corrected chi connectivity index (χ3v) is 5.15. The Kier molecular flexibility index (Phi) is 2.88. The van der Waals surface area contributed by atoms with Crippen LogP contribution < -0.4 is 0 Å². The van der Waals surface area contributed by atoms with E-state index in [0.717, 1.165) is 43.8 Å². The van der Waals surface area contributed by atoms with Crippen molar-refractivity contribution in [3.05, 3.63) is 85.2 Å². The minimum atomic E-state index is 0.664. The molecule has 3 heteroatoms. The third kappa shape index (κ3) is 2.09. The second-order valence-corrected chi connectivity index (χ2v) is 6.73.